The number of nitrogens with one attached hydrogen (secondary N) is 1. The van der Waals surface area contributed by atoms with Crippen LogP contribution in [-0.4, -0.2) is 35.4 Å². The smallest absolute Gasteiger partial charge is 0.261 e. The fourth-order valence-corrected chi connectivity index (χ4v) is 4.09. The maximum absolute atomic E-state index is 13.7. The molecule has 0 aliphatic rings. The summed E-state index contributed by atoms with van der Waals surface area (Å²) < 4.78 is 5.93. The molecule has 2 amide bonds. The number of nitrogens with zero attached hydrogens (tertiary/aromatic N) is 1. The molecule has 6 heteroatoms. The second-order valence-electron chi connectivity index (χ2n) is 9.23. The molecule has 0 saturated carbocycles. The number of halogens is 1. The fraction of sp³-hybridized carbons (Fsp3) is 0.333. The third kappa shape index (κ3) is 7.85. The van der Waals surface area contributed by atoms with Crippen molar-refractivity contribution in [2.45, 2.75) is 59.2 Å². The zero-order chi connectivity index (χ0) is 26.1. The summed E-state index contributed by atoms with van der Waals surface area (Å²) in [5.41, 5.74) is 3.95. The number of rotatable bonds is 11. The number of carbonyl (C=O) groups excluding carboxylic acids is 2. The Balaban J connectivity index is 1.91. The van der Waals surface area contributed by atoms with Gasteiger partial charge in [-0.25, -0.2) is 0 Å². The van der Waals surface area contributed by atoms with E-state index in [4.69, 9.17) is 16.3 Å². The number of carbonyl (C=O) groups is 2. The molecule has 0 aromatic heterocycles. The van der Waals surface area contributed by atoms with Crippen LogP contribution in [0.4, 0.5) is 0 Å². The van der Waals surface area contributed by atoms with E-state index >= 15 is 0 Å². The molecule has 0 spiro atoms. The highest BCUT2D eigenvalue weighted by atomic mass is 35.5. The number of benzene rings is 3. The number of aryl methyl sites for hydroxylation is 2. The molecule has 0 aliphatic heterocycles. The van der Waals surface area contributed by atoms with Gasteiger partial charge in [-0.3, -0.25) is 9.59 Å². The van der Waals surface area contributed by atoms with Gasteiger partial charge in [-0.05, 0) is 62.1 Å². The molecule has 0 heterocycles. The lowest BCUT2D eigenvalue weighted by Gasteiger charge is -2.32. The van der Waals surface area contributed by atoms with Crippen molar-refractivity contribution in [1.29, 1.82) is 0 Å². The maximum Gasteiger partial charge on any atom is 0.261 e. The van der Waals surface area contributed by atoms with E-state index in [2.05, 4.69) is 5.32 Å². The minimum absolute atomic E-state index is 0.00489. The van der Waals surface area contributed by atoms with E-state index in [9.17, 15) is 9.59 Å². The van der Waals surface area contributed by atoms with Crippen molar-refractivity contribution in [2.24, 2.45) is 0 Å². The molecular formula is C30H35ClN2O3. The molecule has 3 rings (SSSR count). The number of hydrogen-bond acceptors (Lipinski definition) is 3. The van der Waals surface area contributed by atoms with Crippen LogP contribution in [0.2, 0.25) is 5.02 Å². The highest BCUT2D eigenvalue weighted by Crippen LogP contribution is 2.21. The lowest BCUT2D eigenvalue weighted by molar-refractivity contribution is -0.143. The Kier molecular flexibility index (Phi) is 9.95. The molecule has 0 fully saturated rings. The van der Waals surface area contributed by atoms with Crippen molar-refractivity contribution in [1.82, 2.24) is 10.2 Å². The third-order valence-corrected chi connectivity index (χ3v) is 6.47. The van der Waals surface area contributed by atoms with Gasteiger partial charge in [0, 0.05) is 24.0 Å². The Morgan fingerprint density at radius 2 is 1.67 bits per heavy atom. The molecule has 3 aromatic carbocycles. The van der Waals surface area contributed by atoms with Crippen molar-refractivity contribution in [3.63, 3.8) is 0 Å². The monoisotopic (exact) mass is 506 g/mol. The summed E-state index contributed by atoms with van der Waals surface area (Å²) in [5, 5.41) is 3.69. The summed E-state index contributed by atoms with van der Waals surface area (Å²) in [6.07, 6.45) is 1.19. The van der Waals surface area contributed by atoms with Gasteiger partial charge in [-0.1, -0.05) is 78.7 Å². The Labute approximate surface area is 219 Å². The molecule has 5 nitrogen and oxygen atoms in total. The van der Waals surface area contributed by atoms with Gasteiger partial charge >= 0.3 is 0 Å². The third-order valence-electron chi connectivity index (χ3n) is 6.22. The van der Waals surface area contributed by atoms with Crippen molar-refractivity contribution in [3.05, 3.63) is 100 Å². The fourth-order valence-electron chi connectivity index (χ4n) is 3.97. The highest BCUT2D eigenvalue weighted by molar-refractivity contribution is 6.30. The lowest BCUT2D eigenvalue weighted by atomic mass is 10.0. The number of ether oxygens (including phenoxy) is 1. The van der Waals surface area contributed by atoms with Crippen LogP contribution in [0.1, 0.15) is 42.5 Å². The van der Waals surface area contributed by atoms with Crippen LogP contribution in [-0.2, 0) is 22.6 Å². The Hall–Kier alpha value is -3.31. The molecule has 0 saturated heterocycles. The predicted octanol–water partition coefficient (Wildman–Crippen LogP) is 5.89. The molecule has 2 atom stereocenters. The Morgan fingerprint density at radius 3 is 2.31 bits per heavy atom. The Bertz CT molecular complexity index is 1150. The standard InChI is InChI=1S/C30H35ClN2O3/c1-5-23(4)32-30(35)27(18-24-9-7-6-8-10-24)33(19-25-12-14-26(31)15-13-25)29(34)20-36-28-16-11-21(2)17-22(28)3/h6-17,23,27H,5,18-20H2,1-4H3,(H,32,35)/t23-,27+/m0/s1. The topological polar surface area (TPSA) is 58.6 Å². The second kappa shape index (κ2) is 13.1. The van der Waals surface area contributed by atoms with E-state index < -0.39 is 6.04 Å². The summed E-state index contributed by atoms with van der Waals surface area (Å²) >= 11 is 6.08. The van der Waals surface area contributed by atoms with Crippen molar-refractivity contribution in [3.8, 4) is 5.75 Å². The van der Waals surface area contributed by atoms with Crippen molar-refractivity contribution >= 4 is 23.4 Å². The molecule has 0 radical (unpaired) electrons. The number of amides is 2. The van der Waals surface area contributed by atoms with Gasteiger partial charge in [-0.2, -0.15) is 0 Å². The average Bonchev–Trinajstić information content (AvgIpc) is 2.87. The van der Waals surface area contributed by atoms with Crippen LogP contribution in [0.3, 0.4) is 0 Å². The first kappa shape index (κ1) is 27.3. The van der Waals surface area contributed by atoms with E-state index in [0.29, 0.717) is 17.2 Å². The number of hydrogen-bond donors (Lipinski definition) is 1. The minimum atomic E-state index is -0.702. The Morgan fingerprint density at radius 1 is 0.972 bits per heavy atom. The van der Waals surface area contributed by atoms with E-state index in [0.717, 1.165) is 28.7 Å². The van der Waals surface area contributed by atoms with Gasteiger partial charge in [0.15, 0.2) is 6.61 Å². The van der Waals surface area contributed by atoms with Crippen LogP contribution in [0.5, 0.6) is 5.75 Å². The van der Waals surface area contributed by atoms with Crippen molar-refractivity contribution in [2.75, 3.05) is 6.61 Å². The normalized spacial score (nSPS) is 12.5. The summed E-state index contributed by atoms with van der Waals surface area (Å²) in [5.74, 6) is 0.219. The zero-order valence-corrected chi connectivity index (χ0v) is 22.2. The van der Waals surface area contributed by atoms with Gasteiger partial charge in [-0.15, -0.1) is 0 Å². The van der Waals surface area contributed by atoms with E-state index in [1.165, 1.54) is 0 Å². The van der Waals surface area contributed by atoms with E-state index in [-0.39, 0.29) is 31.0 Å². The molecule has 0 aliphatic carbocycles. The summed E-state index contributed by atoms with van der Waals surface area (Å²) in [6.45, 7) is 8.05. The summed E-state index contributed by atoms with van der Waals surface area (Å²) in [6, 6.07) is 22.2. The average molecular weight is 507 g/mol. The molecule has 3 aromatic rings. The van der Waals surface area contributed by atoms with Crippen LogP contribution in [0.25, 0.3) is 0 Å². The van der Waals surface area contributed by atoms with Crippen LogP contribution >= 0.6 is 11.6 Å². The lowest BCUT2D eigenvalue weighted by Crippen LogP contribution is -2.53. The quantitative estimate of drug-likeness (QED) is 0.352. The predicted molar refractivity (Wildman–Crippen MR) is 145 cm³/mol. The SMILES string of the molecule is CC[C@H](C)NC(=O)[C@@H](Cc1ccccc1)N(Cc1ccc(Cl)cc1)C(=O)COc1ccc(C)cc1C. The van der Waals surface area contributed by atoms with Gasteiger partial charge in [0.2, 0.25) is 5.91 Å². The summed E-state index contributed by atoms with van der Waals surface area (Å²) in [7, 11) is 0. The highest BCUT2D eigenvalue weighted by Gasteiger charge is 2.31. The van der Waals surface area contributed by atoms with Crippen LogP contribution in [0, 0.1) is 13.8 Å². The van der Waals surface area contributed by atoms with Gasteiger partial charge < -0.3 is 15.0 Å². The molecule has 0 unspecified atom stereocenters. The first-order valence-electron chi connectivity index (χ1n) is 12.3. The first-order valence-corrected chi connectivity index (χ1v) is 12.7. The molecule has 1 N–H and O–H groups in total. The van der Waals surface area contributed by atoms with Gasteiger partial charge in [0.25, 0.3) is 5.91 Å². The largest absolute Gasteiger partial charge is 0.483 e. The second-order valence-corrected chi connectivity index (χ2v) is 9.67. The van der Waals surface area contributed by atoms with Crippen LogP contribution in [0.15, 0.2) is 72.8 Å². The molecular weight excluding hydrogens is 472 g/mol. The summed E-state index contributed by atoms with van der Waals surface area (Å²) in [4.78, 5) is 28.8. The van der Waals surface area contributed by atoms with Gasteiger partial charge in [0.1, 0.15) is 11.8 Å². The molecule has 0 bridgehead atoms. The van der Waals surface area contributed by atoms with E-state index in [1.807, 2.05) is 88.4 Å². The van der Waals surface area contributed by atoms with Gasteiger partial charge in [0.05, 0.1) is 0 Å². The van der Waals surface area contributed by atoms with Crippen molar-refractivity contribution < 1.29 is 14.3 Å². The molecule has 36 heavy (non-hydrogen) atoms. The zero-order valence-electron chi connectivity index (χ0n) is 21.5. The van der Waals surface area contributed by atoms with E-state index in [1.54, 1.807) is 17.0 Å². The van der Waals surface area contributed by atoms with Crippen LogP contribution < -0.4 is 10.1 Å². The first-order chi connectivity index (χ1) is 17.3. The maximum atomic E-state index is 13.7. The minimum Gasteiger partial charge on any atom is -0.483 e. The molecule has 190 valence electrons.